The van der Waals surface area contributed by atoms with Crippen molar-refractivity contribution in [2.75, 3.05) is 12.3 Å². The number of benzene rings is 3. The molecule has 0 aliphatic carbocycles. The summed E-state index contributed by atoms with van der Waals surface area (Å²) in [5, 5.41) is 3.04. The molecule has 5 rings (SSSR count). The molecule has 170 valence electrons. The summed E-state index contributed by atoms with van der Waals surface area (Å²) >= 11 is 0. The third kappa shape index (κ3) is 4.10. The highest BCUT2D eigenvalue weighted by Crippen LogP contribution is 2.33. The summed E-state index contributed by atoms with van der Waals surface area (Å²) in [5.41, 5.74) is 12.0. The van der Waals surface area contributed by atoms with Crippen LogP contribution in [0.1, 0.15) is 40.9 Å². The Bertz CT molecular complexity index is 1440. The van der Waals surface area contributed by atoms with Crippen molar-refractivity contribution in [3.63, 3.8) is 0 Å². The molecule has 0 saturated carbocycles. The molecule has 0 aliphatic rings. The van der Waals surface area contributed by atoms with Crippen LogP contribution in [0.3, 0.4) is 0 Å². The summed E-state index contributed by atoms with van der Waals surface area (Å²) in [5.74, 6) is 0.154. The van der Waals surface area contributed by atoms with E-state index in [1.165, 1.54) is 5.56 Å². The number of fused-ring (bicyclic) bond motifs is 2. The zero-order valence-electron chi connectivity index (χ0n) is 19.1. The van der Waals surface area contributed by atoms with Crippen LogP contribution >= 0.6 is 0 Å². The quantitative estimate of drug-likeness (QED) is 0.337. The number of amides is 1. The van der Waals surface area contributed by atoms with Gasteiger partial charge in [0.25, 0.3) is 5.91 Å². The summed E-state index contributed by atoms with van der Waals surface area (Å²) < 4.78 is 1.92. The van der Waals surface area contributed by atoms with Crippen molar-refractivity contribution in [2.24, 2.45) is 0 Å². The third-order valence-electron chi connectivity index (χ3n) is 6.20. The van der Waals surface area contributed by atoms with Crippen molar-refractivity contribution < 1.29 is 4.79 Å². The number of carbonyl (C=O) groups is 1. The highest BCUT2D eigenvalue weighted by molar-refractivity contribution is 6.10. The zero-order valence-corrected chi connectivity index (χ0v) is 19.1. The number of nitrogens with one attached hydrogen (secondary N) is 1. The lowest BCUT2D eigenvalue weighted by atomic mass is 10.1. The number of nitrogen functional groups attached to an aromatic ring is 1. The molecule has 0 spiro atoms. The van der Waals surface area contributed by atoms with Crippen LogP contribution in [0.2, 0.25) is 0 Å². The van der Waals surface area contributed by atoms with Gasteiger partial charge in [-0.3, -0.25) is 4.79 Å². The van der Waals surface area contributed by atoms with Gasteiger partial charge < -0.3 is 15.6 Å². The minimum Gasteiger partial charge on any atom is -0.384 e. The maximum atomic E-state index is 13.3. The molecular formula is C28H27N5O. The van der Waals surface area contributed by atoms with Crippen LogP contribution < -0.4 is 11.1 Å². The molecule has 1 atom stereocenters. The third-order valence-corrected chi connectivity index (χ3v) is 6.20. The predicted molar refractivity (Wildman–Crippen MR) is 137 cm³/mol. The predicted octanol–water partition coefficient (Wildman–Crippen LogP) is 5.14. The van der Waals surface area contributed by atoms with E-state index in [1.54, 1.807) is 0 Å². The lowest BCUT2D eigenvalue weighted by Crippen LogP contribution is -2.26. The van der Waals surface area contributed by atoms with Crippen molar-refractivity contribution in [2.45, 2.75) is 25.8 Å². The summed E-state index contributed by atoms with van der Waals surface area (Å²) in [4.78, 5) is 23.0. The minimum absolute atomic E-state index is 0.112. The second-order valence-electron chi connectivity index (χ2n) is 8.45. The monoisotopic (exact) mass is 449 g/mol. The standard InChI is InChI=1S/C28H27N5O/c1-19(21-14-6-3-7-15-21)33-26(29)24(25-27(33)32-23-17-9-8-16-22(23)31-25)28(34)30-18-10-13-20-11-4-2-5-12-20/h2-9,11-12,14-17,19H,10,13,18,29H2,1H3,(H,30,34)/t19-/m1/s1. The highest BCUT2D eigenvalue weighted by atomic mass is 16.1. The first-order valence-corrected chi connectivity index (χ1v) is 11.6. The number of carbonyl (C=O) groups excluding carboxylic acids is 1. The molecule has 3 N–H and O–H groups in total. The average Bonchev–Trinajstić information content (AvgIpc) is 3.16. The van der Waals surface area contributed by atoms with Crippen LogP contribution in [-0.4, -0.2) is 27.0 Å². The largest absolute Gasteiger partial charge is 0.384 e. The van der Waals surface area contributed by atoms with Gasteiger partial charge in [0.15, 0.2) is 5.65 Å². The Hall–Kier alpha value is -4.19. The second kappa shape index (κ2) is 9.35. The lowest BCUT2D eigenvalue weighted by molar-refractivity contribution is 0.0955. The Balaban J connectivity index is 1.50. The van der Waals surface area contributed by atoms with Crippen LogP contribution in [0.4, 0.5) is 5.82 Å². The van der Waals surface area contributed by atoms with E-state index < -0.39 is 0 Å². The normalized spacial score (nSPS) is 12.1. The van der Waals surface area contributed by atoms with Crippen LogP contribution in [0.5, 0.6) is 0 Å². The number of para-hydroxylation sites is 2. The van der Waals surface area contributed by atoms with E-state index in [4.69, 9.17) is 15.7 Å². The SMILES string of the molecule is C[C@H](c1ccccc1)n1c(N)c(C(=O)NCCCc2ccccc2)c2nc3ccccc3nc21. The van der Waals surface area contributed by atoms with Crippen LogP contribution in [0.15, 0.2) is 84.9 Å². The van der Waals surface area contributed by atoms with Crippen molar-refractivity contribution >= 4 is 33.9 Å². The second-order valence-corrected chi connectivity index (χ2v) is 8.45. The topological polar surface area (TPSA) is 85.8 Å². The van der Waals surface area contributed by atoms with Gasteiger partial charge in [-0.15, -0.1) is 0 Å². The first-order chi connectivity index (χ1) is 16.6. The van der Waals surface area contributed by atoms with E-state index in [-0.39, 0.29) is 11.9 Å². The molecule has 1 amide bonds. The molecule has 0 aliphatic heterocycles. The fourth-order valence-corrected chi connectivity index (χ4v) is 4.41. The summed E-state index contributed by atoms with van der Waals surface area (Å²) in [6, 6.07) is 27.9. The minimum atomic E-state index is -0.223. The van der Waals surface area contributed by atoms with E-state index in [2.05, 4.69) is 24.4 Å². The number of aromatic nitrogens is 3. The first-order valence-electron chi connectivity index (χ1n) is 11.6. The van der Waals surface area contributed by atoms with E-state index in [0.29, 0.717) is 29.1 Å². The molecule has 0 unspecified atom stereocenters. The Morgan fingerprint density at radius 3 is 2.24 bits per heavy atom. The van der Waals surface area contributed by atoms with Gasteiger partial charge in [0.05, 0.1) is 17.1 Å². The summed E-state index contributed by atoms with van der Waals surface area (Å²) in [6.07, 6.45) is 1.73. The van der Waals surface area contributed by atoms with Crippen molar-refractivity contribution in [1.82, 2.24) is 19.9 Å². The van der Waals surface area contributed by atoms with Crippen molar-refractivity contribution in [3.8, 4) is 0 Å². The van der Waals surface area contributed by atoms with Gasteiger partial charge in [0.1, 0.15) is 16.9 Å². The molecule has 0 fully saturated rings. The highest BCUT2D eigenvalue weighted by Gasteiger charge is 2.26. The Morgan fingerprint density at radius 2 is 1.53 bits per heavy atom. The average molecular weight is 450 g/mol. The molecule has 0 bridgehead atoms. The molecule has 2 heterocycles. The molecule has 0 saturated heterocycles. The number of anilines is 1. The van der Waals surface area contributed by atoms with Crippen LogP contribution in [0, 0.1) is 0 Å². The maximum Gasteiger partial charge on any atom is 0.257 e. The van der Waals surface area contributed by atoms with Gasteiger partial charge in [-0.05, 0) is 43.0 Å². The molecule has 2 aromatic heterocycles. The maximum absolute atomic E-state index is 13.3. The summed E-state index contributed by atoms with van der Waals surface area (Å²) in [6.45, 7) is 2.61. The molecule has 3 aromatic carbocycles. The van der Waals surface area contributed by atoms with Crippen LogP contribution in [0.25, 0.3) is 22.2 Å². The number of hydrogen-bond donors (Lipinski definition) is 2. The van der Waals surface area contributed by atoms with E-state index in [9.17, 15) is 4.79 Å². The van der Waals surface area contributed by atoms with Gasteiger partial charge in [-0.1, -0.05) is 72.8 Å². The summed E-state index contributed by atoms with van der Waals surface area (Å²) in [7, 11) is 0. The van der Waals surface area contributed by atoms with Gasteiger partial charge in [-0.25, -0.2) is 9.97 Å². The molecule has 6 heteroatoms. The number of aryl methyl sites for hydroxylation is 1. The number of nitrogens with zero attached hydrogens (tertiary/aromatic N) is 3. The molecule has 6 nitrogen and oxygen atoms in total. The van der Waals surface area contributed by atoms with Crippen LogP contribution in [-0.2, 0) is 6.42 Å². The van der Waals surface area contributed by atoms with Crippen molar-refractivity contribution in [3.05, 3.63) is 102 Å². The Labute approximate surface area is 198 Å². The number of rotatable bonds is 7. The Morgan fingerprint density at radius 1 is 0.912 bits per heavy atom. The van der Waals surface area contributed by atoms with Gasteiger partial charge in [-0.2, -0.15) is 0 Å². The van der Waals surface area contributed by atoms with E-state index >= 15 is 0 Å². The number of nitrogens with two attached hydrogens (primary N) is 1. The zero-order chi connectivity index (χ0) is 23.5. The number of hydrogen-bond acceptors (Lipinski definition) is 4. The van der Waals surface area contributed by atoms with Gasteiger partial charge in [0.2, 0.25) is 0 Å². The first kappa shape index (κ1) is 21.6. The van der Waals surface area contributed by atoms with Gasteiger partial charge in [0, 0.05) is 6.54 Å². The fourth-order valence-electron chi connectivity index (χ4n) is 4.41. The molecular weight excluding hydrogens is 422 g/mol. The van der Waals surface area contributed by atoms with E-state index in [1.807, 2.05) is 77.4 Å². The molecule has 34 heavy (non-hydrogen) atoms. The van der Waals surface area contributed by atoms with Gasteiger partial charge >= 0.3 is 0 Å². The molecule has 5 aromatic rings. The van der Waals surface area contributed by atoms with E-state index in [0.717, 1.165) is 29.4 Å². The molecule has 0 radical (unpaired) electrons. The smallest absolute Gasteiger partial charge is 0.257 e. The fraction of sp³-hybridized carbons (Fsp3) is 0.179. The Kier molecular flexibility index (Phi) is 5.95. The lowest BCUT2D eigenvalue weighted by Gasteiger charge is -2.17. The van der Waals surface area contributed by atoms with Crippen molar-refractivity contribution in [1.29, 1.82) is 0 Å².